The van der Waals surface area contributed by atoms with Gasteiger partial charge in [0, 0.05) is 31.2 Å². The number of H-pyrrole nitrogens is 1. The Labute approximate surface area is 135 Å². The second-order valence-corrected chi connectivity index (χ2v) is 6.25. The Morgan fingerprint density at radius 3 is 2.64 bits per heavy atom. The van der Waals surface area contributed by atoms with Gasteiger partial charge in [0.25, 0.3) is 5.91 Å². The van der Waals surface area contributed by atoms with E-state index in [1.807, 2.05) is 17.0 Å². The van der Waals surface area contributed by atoms with Gasteiger partial charge in [-0.25, -0.2) is 0 Å². The highest BCUT2D eigenvalue weighted by molar-refractivity contribution is 6.30. The number of carbonyl (C=O) groups is 1. The van der Waals surface area contributed by atoms with Crippen molar-refractivity contribution in [2.24, 2.45) is 0 Å². The molecule has 3 rings (SSSR count). The topological polar surface area (TPSA) is 49.0 Å². The van der Waals surface area contributed by atoms with Crippen LogP contribution in [0.3, 0.4) is 0 Å². The SMILES string of the molecule is O=C(c1cc(Cl)c[nH]1)N(Cc1ccncc1)C1CCCCC1. The van der Waals surface area contributed by atoms with E-state index < -0.39 is 0 Å². The molecule has 0 saturated heterocycles. The maximum Gasteiger partial charge on any atom is 0.270 e. The lowest BCUT2D eigenvalue weighted by Crippen LogP contribution is -2.41. The van der Waals surface area contributed by atoms with E-state index in [1.54, 1.807) is 24.7 Å². The number of amides is 1. The van der Waals surface area contributed by atoms with E-state index in [4.69, 9.17) is 11.6 Å². The average Bonchev–Trinajstić information content (AvgIpc) is 3.00. The average molecular weight is 318 g/mol. The smallest absolute Gasteiger partial charge is 0.270 e. The minimum absolute atomic E-state index is 0.0237. The molecule has 5 heteroatoms. The lowest BCUT2D eigenvalue weighted by Gasteiger charge is -2.34. The summed E-state index contributed by atoms with van der Waals surface area (Å²) >= 11 is 5.94. The minimum Gasteiger partial charge on any atom is -0.356 e. The number of nitrogens with one attached hydrogen (secondary N) is 1. The van der Waals surface area contributed by atoms with Gasteiger partial charge in [-0.1, -0.05) is 30.9 Å². The van der Waals surface area contributed by atoms with Gasteiger partial charge >= 0.3 is 0 Å². The number of hydrogen-bond acceptors (Lipinski definition) is 2. The summed E-state index contributed by atoms with van der Waals surface area (Å²) in [6, 6.07) is 5.93. The summed E-state index contributed by atoms with van der Waals surface area (Å²) < 4.78 is 0. The van der Waals surface area contributed by atoms with Crippen LogP contribution in [0.4, 0.5) is 0 Å². The fourth-order valence-electron chi connectivity index (χ4n) is 3.09. The maximum absolute atomic E-state index is 12.9. The largest absolute Gasteiger partial charge is 0.356 e. The van der Waals surface area contributed by atoms with Crippen molar-refractivity contribution in [1.82, 2.24) is 14.9 Å². The quantitative estimate of drug-likeness (QED) is 0.925. The summed E-state index contributed by atoms with van der Waals surface area (Å²) in [5.74, 6) is 0.0237. The van der Waals surface area contributed by atoms with E-state index >= 15 is 0 Å². The highest BCUT2D eigenvalue weighted by Crippen LogP contribution is 2.26. The Balaban J connectivity index is 1.83. The molecule has 1 N–H and O–H groups in total. The van der Waals surface area contributed by atoms with Crippen molar-refractivity contribution in [2.75, 3.05) is 0 Å². The van der Waals surface area contributed by atoms with Crippen LogP contribution in [0.5, 0.6) is 0 Å². The predicted octanol–water partition coefficient (Wildman–Crippen LogP) is 4.04. The van der Waals surface area contributed by atoms with Gasteiger partial charge in [0.15, 0.2) is 0 Å². The second-order valence-electron chi connectivity index (χ2n) is 5.81. The molecule has 0 spiro atoms. The molecule has 22 heavy (non-hydrogen) atoms. The lowest BCUT2D eigenvalue weighted by atomic mass is 9.93. The van der Waals surface area contributed by atoms with E-state index in [2.05, 4.69) is 9.97 Å². The molecule has 0 unspecified atom stereocenters. The summed E-state index contributed by atoms with van der Waals surface area (Å²) in [6.45, 7) is 0.614. The monoisotopic (exact) mass is 317 g/mol. The van der Waals surface area contributed by atoms with Crippen LogP contribution < -0.4 is 0 Å². The van der Waals surface area contributed by atoms with Crippen molar-refractivity contribution in [3.05, 3.63) is 53.1 Å². The third kappa shape index (κ3) is 3.50. The zero-order chi connectivity index (χ0) is 15.4. The maximum atomic E-state index is 12.9. The first-order valence-electron chi connectivity index (χ1n) is 7.78. The fourth-order valence-corrected chi connectivity index (χ4v) is 3.25. The number of rotatable bonds is 4. The molecular weight excluding hydrogens is 298 g/mol. The molecule has 1 fully saturated rings. The van der Waals surface area contributed by atoms with Crippen molar-refractivity contribution >= 4 is 17.5 Å². The zero-order valence-electron chi connectivity index (χ0n) is 12.5. The van der Waals surface area contributed by atoms with Crippen LogP contribution in [-0.2, 0) is 6.54 Å². The number of aromatic nitrogens is 2. The first-order chi connectivity index (χ1) is 10.7. The van der Waals surface area contributed by atoms with E-state index in [1.165, 1.54) is 19.3 Å². The van der Waals surface area contributed by atoms with Crippen molar-refractivity contribution in [1.29, 1.82) is 0 Å². The van der Waals surface area contributed by atoms with Crippen LogP contribution in [-0.4, -0.2) is 26.8 Å². The lowest BCUT2D eigenvalue weighted by molar-refractivity contribution is 0.0609. The predicted molar refractivity (Wildman–Crippen MR) is 86.8 cm³/mol. The van der Waals surface area contributed by atoms with Gasteiger partial charge in [0.05, 0.1) is 5.02 Å². The molecule has 1 aliphatic carbocycles. The van der Waals surface area contributed by atoms with Crippen LogP contribution in [0.15, 0.2) is 36.8 Å². The Bertz CT molecular complexity index is 620. The van der Waals surface area contributed by atoms with Gasteiger partial charge in [-0.15, -0.1) is 0 Å². The fraction of sp³-hybridized carbons (Fsp3) is 0.412. The molecule has 0 radical (unpaired) electrons. The van der Waals surface area contributed by atoms with Gasteiger partial charge in [-0.2, -0.15) is 0 Å². The minimum atomic E-state index is 0.0237. The standard InChI is InChI=1S/C17H20ClN3O/c18-14-10-16(20-11-14)17(22)21(15-4-2-1-3-5-15)12-13-6-8-19-9-7-13/h6-11,15,20H,1-5,12H2. The Kier molecular flexibility index (Phi) is 4.78. The second kappa shape index (κ2) is 6.97. The first kappa shape index (κ1) is 15.1. The Hall–Kier alpha value is -1.81. The highest BCUT2D eigenvalue weighted by atomic mass is 35.5. The molecule has 0 aliphatic heterocycles. The number of pyridine rings is 1. The molecular formula is C17H20ClN3O. The molecule has 0 atom stereocenters. The van der Waals surface area contributed by atoms with Gasteiger partial charge in [0.2, 0.25) is 0 Å². The molecule has 2 aromatic heterocycles. The van der Waals surface area contributed by atoms with Crippen LogP contribution in [0, 0.1) is 0 Å². The molecule has 1 saturated carbocycles. The van der Waals surface area contributed by atoms with Gasteiger partial charge in [0.1, 0.15) is 5.69 Å². The molecule has 1 amide bonds. The van der Waals surface area contributed by atoms with E-state index in [9.17, 15) is 4.79 Å². The number of nitrogens with zero attached hydrogens (tertiary/aromatic N) is 2. The highest BCUT2D eigenvalue weighted by Gasteiger charge is 2.27. The normalized spacial score (nSPS) is 15.7. The van der Waals surface area contributed by atoms with Crippen LogP contribution in [0.2, 0.25) is 5.02 Å². The van der Waals surface area contributed by atoms with Gasteiger partial charge < -0.3 is 9.88 Å². The third-order valence-corrected chi connectivity index (χ3v) is 4.48. The van der Waals surface area contributed by atoms with Crippen molar-refractivity contribution < 1.29 is 4.79 Å². The molecule has 2 heterocycles. The Morgan fingerprint density at radius 1 is 1.27 bits per heavy atom. The summed E-state index contributed by atoms with van der Waals surface area (Å²) in [5.41, 5.74) is 1.66. The van der Waals surface area contributed by atoms with Crippen LogP contribution in [0.25, 0.3) is 0 Å². The van der Waals surface area contributed by atoms with Gasteiger partial charge in [-0.3, -0.25) is 9.78 Å². The molecule has 2 aromatic rings. The van der Waals surface area contributed by atoms with E-state index in [0.29, 0.717) is 23.3 Å². The van der Waals surface area contributed by atoms with E-state index in [0.717, 1.165) is 18.4 Å². The number of aromatic amines is 1. The first-order valence-corrected chi connectivity index (χ1v) is 8.15. The van der Waals surface area contributed by atoms with Crippen LogP contribution in [0.1, 0.15) is 48.2 Å². The number of hydrogen-bond donors (Lipinski definition) is 1. The Morgan fingerprint density at radius 2 is 2.00 bits per heavy atom. The number of halogens is 1. The third-order valence-electron chi connectivity index (χ3n) is 4.26. The molecule has 1 aliphatic rings. The zero-order valence-corrected chi connectivity index (χ0v) is 13.2. The van der Waals surface area contributed by atoms with E-state index in [-0.39, 0.29) is 5.91 Å². The molecule has 116 valence electrons. The van der Waals surface area contributed by atoms with Crippen LogP contribution >= 0.6 is 11.6 Å². The summed E-state index contributed by atoms with van der Waals surface area (Å²) in [5, 5.41) is 0.566. The van der Waals surface area contributed by atoms with Gasteiger partial charge in [-0.05, 0) is 36.6 Å². The summed E-state index contributed by atoms with van der Waals surface area (Å²) in [4.78, 5) is 21.9. The van der Waals surface area contributed by atoms with Crippen molar-refractivity contribution in [2.45, 2.75) is 44.7 Å². The summed E-state index contributed by atoms with van der Waals surface area (Å²) in [6.07, 6.45) is 11.0. The van der Waals surface area contributed by atoms with Crippen molar-refractivity contribution in [3.8, 4) is 0 Å². The molecule has 0 aromatic carbocycles. The summed E-state index contributed by atoms with van der Waals surface area (Å²) in [7, 11) is 0. The molecule has 0 bridgehead atoms. The molecule has 4 nitrogen and oxygen atoms in total. The van der Waals surface area contributed by atoms with Crippen molar-refractivity contribution in [3.63, 3.8) is 0 Å². The number of carbonyl (C=O) groups excluding carboxylic acids is 1.